The standard InChI is InChI=1S/C21H22N2O3S/c24-20(22-12-9-15(10-13-22)21(25)26)11-14-23-16-5-1-3-7-18(16)27-19-8-4-2-6-17(19)23/h1-8,15H,9-14H2,(H,25,26). The average Bonchev–Trinajstić information content (AvgIpc) is 2.71. The maximum atomic E-state index is 12.7. The van der Waals surface area contributed by atoms with Crippen molar-refractivity contribution in [3.8, 4) is 0 Å². The molecule has 0 saturated carbocycles. The first kappa shape index (κ1) is 17.9. The van der Waals surface area contributed by atoms with Crippen molar-refractivity contribution in [3.05, 3.63) is 48.5 Å². The van der Waals surface area contributed by atoms with E-state index in [1.54, 1.807) is 11.8 Å². The highest BCUT2D eigenvalue weighted by Gasteiger charge is 2.28. The number of hydrogen-bond donors (Lipinski definition) is 1. The molecule has 0 unspecified atom stereocenters. The van der Waals surface area contributed by atoms with Gasteiger partial charge in [0.1, 0.15) is 0 Å². The van der Waals surface area contributed by atoms with Gasteiger partial charge >= 0.3 is 5.97 Å². The summed E-state index contributed by atoms with van der Waals surface area (Å²) in [5.74, 6) is -0.958. The Morgan fingerprint density at radius 3 is 2.07 bits per heavy atom. The Morgan fingerprint density at radius 2 is 1.52 bits per heavy atom. The van der Waals surface area contributed by atoms with E-state index in [9.17, 15) is 9.59 Å². The summed E-state index contributed by atoms with van der Waals surface area (Å²) in [4.78, 5) is 30.2. The van der Waals surface area contributed by atoms with Gasteiger partial charge in [0.15, 0.2) is 0 Å². The number of carbonyl (C=O) groups is 2. The minimum absolute atomic E-state index is 0.104. The summed E-state index contributed by atoms with van der Waals surface area (Å²) < 4.78 is 0. The van der Waals surface area contributed by atoms with Gasteiger partial charge in [0, 0.05) is 35.8 Å². The van der Waals surface area contributed by atoms with Gasteiger partial charge in [-0.2, -0.15) is 0 Å². The quantitative estimate of drug-likeness (QED) is 0.866. The van der Waals surface area contributed by atoms with Gasteiger partial charge in [0.2, 0.25) is 5.91 Å². The third-order valence-electron chi connectivity index (χ3n) is 5.28. The van der Waals surface area contributed by atoms with Crippen LogP contribution in [0.2, 0.25) is 0 Å². The highest BCUT2D eigenvalue weighted by molar-refractivity contribution is 7.99. The third-order valence-corrected chi connectivity index (χ3v) is 6.41. The Bertz CT molecular complexity index is 817. The normalized spacial score (nSPS) is 16.6. The van der Waals surface area contributed by atoms with Crippen LogP contribution in [0.25, 0.3) is 0 Å². The molecule has 0 bridgehead atoms. The van der Waals surface area contributed by atoms with Crippen LogP contribution in [0.15, 0.2) is 58.3 Å². The monoisotopic (exact) mass is 382 g/mol. The number of para-hydroxylation sites is 2. The van der Waals surface area contributed by atoms with Crippen molar-refractivity contribution >= 4 is 35.0 Å². The molecule has 27 heavy (non-hydrogen) atoms. The summed E-state index contributed by atoms with van der Waals surface area (Å²) in [6.07, 6.45) is 1.52. The number of carboxylic acids is 1. The summed E-state index contributed by atoms with van der Waals surface area (Å²) in [6.45, 7) is 1.70. The van der Waals surface area contributed by atoms with Gasteiger partial charge < -0.3 is 14.9 Å². The van der Waals surface area contributed by atoms with Crippen molar-refractivity contribution in [1.29, 1.82) is 0 Å². The predicted octanol–water partition coefficient (Wildman–Crippen LogP) is 4.00. The van der Waals surface area contributed by atoms with Crippen LogP contribution in [0.3, 0.4) is 0 Å². The molecule has 2 aromatic rings. The average molecular weight is 382 g/mol. The molecule has 4 rings (SSSR count). The van der Waals surface area contributed by atoms with Crippen LogP contribution in [-0.4, -0.2) is 41.5 Å². The number of carbonyl (C=O) groups excluding carboxylic acids is 1. The first-order valence-electron chi connectivity index (χ1n) is 9.27. The van der Waals surface area contributed by atoms with Gasteiger partial charge in [-0.1, -0.05) is 36.0 Å². The summed E-state index contributed by atoms with van der Waals surface area (Å²) in [5, 5.41) is 9.11. The Kier molecular flexibility index (Phi) is 5.07. The largest absolute Gasteiger partial charge is 0.481 e. The number of piperidine rings is 1. The summed E-state index contributed by atoms with van der Waals surface area (Å²) in [6, 6.07) is 16.5. The summed E-state index contributed by atoms with van der Waals surface area (Å²) in [7, 11) is 0. The zero-order chi connectivity index (χ0) is 18.8. The molecule has 2 heterocycles. The number of anilines is 2. The number of amides is 1. The van der Waals surface area contributed by atoms with E-state index >= 15 is 0 Å². The molecule has 5 nitrogen and oxygen atoms in total. The molecule has 1 N–H and O–H groups in total. The fraction of sp³-hybridized carbons (Fsp3) is 0.333. The molecule has 0 aromatic heterocycles. The Morgan fingerprint density at radius 1 is 0.963 bits per heavy atom. The van der Waals surface area contributed by atoms with Gasteiger partial charge in [-0.25, -0.2) is 0 Å². The van der Waals surface area contributed by atoms with E-state index in [1.807, 2.05) is 29.2 Å². The van der Waals surface area contributed by atoms with E-state index in [1.165, 1.54) is 9.79 Å². The minimum Gasteiger partial charge on any atom is -0.481 e. The first-order chi connectivity index (χ1) is 13.1. The first-order valence-corrected chi connectivity index (χ1v) is 10.1. The van der Waals surface area contributed by atoms with Crippen molar-refractivity contribution in [2.45, 2.75) is 29.1 Å². The van der Waals surface area contributed by atoms with Gasteiger partial charge in [0.05, 0.1) is 17.3 Å². The molecule has 6 heteroatoms. The maximum Gasteiger partial charge on any atom is 0.306 e. The van der Waals surface area contributed by atoms with Crippen LogP contribution in [0.5, 0.6) is 0 Å². The molecule has 1 fully saturated rings. The number of fused-ring (bicyclic) bond motifs is 2. The fourth-order valence-corrected chi connectivity index (χ4v) is 4.86. The van der Waals surface area contributed by atoms with Gasteiger partial charge in [-0.15, -0.1) is 0 Å². The van der Waals surface area contributed by atoms with Crippen LogP contribution in [0.4, 0.5) is 11.4 Å². The lowest BCUT2D eigenvalue weighted by atomic mass is 9.97. The smallest absolute Gasteiger partial charge is 0.306 e. The molecule has 0 spiro atoms. The highest BCUT2D eigenvalue weighted by Crippen LogP contribution is 2.47. The van der Waals surface area contributed by atoms with Crippen molar-refractivity contribution in [2.75, 3.05) is 24.5 Å². The molecule has 1 saturated heterocycles. The number of nitrogens with zero attached hydrogens (tertiary/aromatic N) is 2. The number of rotatable bonds is 4. The zero-order valence-electron chi connectivity index (χ0n) is 15.0. The SMILES string of the molecule is O=C(O)C1CCN(C(=O)CCN2c3ccccc3Sc3ccccc32)CC1. The van der Waals surface area contributed by atoms with E-state index in [0.29, 0.717) is 38.9 Å². The maximum absolute atomic E-state index is 12.7. The summed E-state index contributed by atoms with van der Waals surface area (Å²) in [5.41, 5.74) is 2.28. The highest BCUT2D eigenvalue weighted by atomic mass is 32.2. The van der Waals surface area contributed by atoms with Crippen molar-refractivity contribution in [2.24, 2.45) is 5.92 Å². The lowest BCUT2D eigenvalue weighted by molar-refractivity contribution is -0.145. The molecule has 0 aliphatic carbocycles. The van der Waals surface area contributed by atoms with Gasteiger partial charge in [0.25, 0.3) is 0 Å². The molecular weight excluding hydrogens is 360 g/mol. The number of aliphatic carboxylic acids is 1. The van der Waals surface area contributed by atoms with Crippen molar-refractivity contribution < 1.29 is 14.7 Å². The van der Waals surface area contributed by atoms with E-state index in [2.05, 4.69) is 29.2 Å². The lowest BCUT2D eigenvalue weighted by Crippen LogP contribution is -2.41. The third kappa shape index (κ3) is 3.67. The molecule has 2 aliphatic heterocycles. The number of carboxylic acid groups (broad SMARTS) is 1. The van der Waals surface area contributed by atoms with Gasteiger partial charge in [-0.3, -0.25) is 9.59 Å². The predicted molar refractivity (Wildman–Crippen MR) is 106 cm³/mol. The molecule has 0 atom stereocenters. The number of likely N-dealkylation sites (tertiary alicyclic amines) is 1. The second-order valence-electron chi connectivity index (χ2n) is 6.93. The molecular formula is C21H22N2O3S. The topological polar surface area (TPSA) is 60.9 Å². The van der Waals surface area contributed by atoms with Crippen LogP contribution in [0.1, 0.15) is 19.3 Å². The van der Waals surface area contributed by atoms with E-state index in [0.717, 1.165) is 11.4 Å². The second-order valence-corrected chi connectivity index (χ2v) is 8.02. The van der Waals surface area contributed by atoms with Crippen molar-refractivity contribution in [3.63, 3.8) is 0 Å². The van der Waals surface area contributed by atoms with E-state index < -0.39 is 5.97 Å². The summed E-state index contributed by atoms with van der Waals surface area (Å²) >= 11 is 1.76. The minimum atomic E-state index is -0.749. The molecule has 2 aromatic carbocycles. The lowest BCUT2D eigenvalue weighted by Gasteiger charge is -2.34. The van der Waals surface area contributed by atoms with Crippen LogP contribution >= 0.6 is 11.8 Å². The van der Waals surface area contributed by atoms with Crippen molar-refractivity contribution in [1.82, 2.24) is 4.90 Å². The zero-order valence-corrected chi connectivity index (χ0v) is 15.8. The van der Waals surface area contributed by atoms with Crippen LogP contribution in [0, 0.1) is 5.92 Å². The van der Waals surface area contributed by atoms with Gasteiger partial charge in [-0.05, 0) is 37.1 Å². The second kappa shape index (κ2) is 7.64. The Balaban J connectivity index is 1.46. The molecule has 1 amide bonds. The van der Waals surface area contributed by atoms with E-state index in [-0.39, 0.29) is 11.8 Å². The van der Waals surface area contributed by atoms with Crippen LogP contribution < -0.4 is 4.90 Å². The molecule has 140 valence electrons. The Hall–Kier alpha value is -2.47. The molecule has 0 radical (unpaired) electrons. The fourth-order valence-electron chi connectivity index (χ4n) is 3.76. The van der Waals surface area contributed by atoms with Crippen LogP contribution in [-0.2, 0) is 9.59 Å². The van der Waals surface area contributed by atoms with E-state index in [4.69, 9.17) is 5.11 Å². The Labute approximate surface area is 163 Å². The number of hydrogen-bond acceptors (Lipinski definition) is 4. The molecule has 2 aliphatic rings. The number of benzene rings is 2.